The van der Waals surface area contributed by atoms with Crippen molar-refractivity contribution in [3.05, 3.63) is 29.8 Å². The Balaban J connectivity index is 2.73. The number of carbonyl (C=O) groups is 2. The van der Waals surface area contributed by atoms with E-state index in [-0.39, 0.29) is 24.5 Å². The largest absolute Gasteiger partial charge is 0.375 e. The summed E-state index contributed by atoms with van der Waals surface area (Å²) < 4.78 is 4.71. The zero-order valence-corrected chi connectivity index (χ0v) is 10.8. The number of methoxy groups -OCH3 is 1. The van der Waals surface area contributed by atoms with Gasteiger partial charge in [-0.3, -0.25) is 9.59 Å². The molecule has 0 spiro atoms. The van der Waals surface area contributed by atoms with Gasteiger partial charge in [-0.25, -0.2) is 0 Å². The van der Waals surface area contributed by atoms with Gasteiger partial charge in [0.15, 0.2) is 0 Å². The van der Waals surface area contributed by atoms with Crippen LogP contribution in [0.2, 0.25) is 0 Å². The molecule has 0 aromatic heterocycles. The summed E-state index contributed by atoms with van der Waals surface area (Å²) in [5, 5.41) is 5.44. The number of anilines is 1. The molecule has 0 radical (unpaired) electrons. The molecule has 5 heteroatoms. The lowest BCUT2D eigenvalue weighted by atomic mass is 10.2. The number of hydrogen-bond acceptors (Lipinski definition) is 3. The Kier molecular flexibility index (Phi) is 5.32. The maximum absolute atomic E-state index is 11.8. The van der Waals surface area contributed by atoms with Crippen molar-refractivity contribution in [2.45, 2.75) is 19.9 Å². The highest BCUT2D eigenvalue weighted by Gasteiger charge is 2.08. The number of amides is 2. The minimum Gasteiger partial charge on any atom is -0.375 e. The zero-order chi connectivity index (χ0) is 13.5. The van der Waals surface area contributed by atoms with Crippen molar-refractivity contribution in [2.24, 2.45) is 0 Å². The number of hydrogen-bond donors (Lipinski definition) is 2. The summed E-state index contributed by atoms with van der Waals surface area (Å²) in [6.07, 6.45) is 0. The molecule has 18 heavy (non-hydrogen) atoms. The van der Waals surface area contributed by atoms with Crippen molar-refractivity contribution in [3.8, 4) is 0 Å². The van der Waals surface area contributed by atoms with Gasteiger partial charge in [-0.05, 0) is 32.0 Å². The molecule has 0 atom stereocenters. The van der Waals surface area contributed by atoms with E-state index in [0.29, 0.717) is 11.3 Å². The van der Waals surface area contributed by atoms with E-state index in [4.69, 9.17) is 4.74 Å². The molecule has 0 aliphatic carbocycles. The topological polar surface area (TPSA) is 67.4 Å². The number of ether oxygens (including phenoxy) is 1. The molecule has 1 aromatic carbocycles. The molecule has 0 saturated heterocycles. The fourth-order valence-corrected chi connectivity index (χ4v) is 1.41. The predicted molar refractivity (Wildman–Crippen MR) is 69.5 cm³/mol. The Morgan fingerprint density at radius 2 is 2.06 bits per heavy atom. The van der Waals surface area contributed by atoms with Gasteiger partial charge in [-0.2, -0.15) is 0 Å². The fraction of sp³-hybridized carbons (Fsp3) is 0.385. The Hall–Kier alpha value is -1.88. The molecule has 1 rings (SSSR count). The fourth-order valence-electron chi connectivity index (χ4n) is 1.41. The quantitative estimate of drug-likeness (QED) is 0.830. The average molecular weight is 250 g/mol. The molecule has 1 aromatic rings. The Labute approximate surface area is 107 Å². The molecular weight excluding hydrogens is 232 g/mol. The summed E-state index contributed by atoms with van der Waals surface area (Å²) in [5.74, 6) is -0.410. The molecule has 0 bridgehead atoms. The lowest BCUT2D eigenvalue weighted by Crippen LogP contribution is -2.30. The first kappa shape index (κ1) is 14.2. The summed E-state index contributed by atoms with van der Waals surface area (Å²) in [5.41, 5.74) is 1.09. The van der Waals surface area contributed by atoms with Crippen molar-refractivity contribution in [1.29, 1.82) is 0 Å². The Morgan fingerprint density at radius 1 is 1.33 bits per heavy atom. The summed E-state index contributed by atoms with van der Waals surface area (Å²) in [4.78, 5) is 23.1. The first-order valence-electron chi connectivity index (χ1n) is 5.72. The van der Waals surface area contributed by atoms with Gasteiger partial charge in [-0.15, -0.1) is 0 Å². The van der Waals surface area contributed by atoms with Crippen LogP contribution in [0.3, 0.4) is 0 Å². The van der Waals surface area contributed by atoms with Crippen LogP contribution < -0.4 is 10.6 Å². The van der Waals surface area contributed by atoms with Crippen molar-refractivity contribution in [1.82, 2.24) is 5.32 Å². The van der Waals surface area contributed by atoms with Crippen LogP contribution in [-0.4, -0.2) is 31.6 Å². The number of nitrogens with one attached hydrogen (secondary N) is 2. The summed E-state index contributed by atoms with van der Waals surface area (Å²) >= 11 is 0. The van der Waals surface area contributed by atoms with E-state index in [1.807, 2.05) is 13.8 Å². The molecular formula is C13H18N2O3. The molecule has 98 valence electrons. The number of carbonyl (C=O) groups excluding carboxylic acids is 2. The summed E-state index contributed by atoms with van der Waals surface area (Å²) in [6.45, 7) is 3.77. The highest BCUT2D eigenvalue weighted by Crippen LogP contribution is 2.10. The molecule has 0 aliphatic rings. The maximum Gasteiger partial charge on any atom is 0.251 e. The minimum atomic E-state index is -0.251. The van der Waals surface area contributed by atoms with Gasteiger partial charge in [-0.1, -0.05) is 6.07 Å². The van der Waals surface area contributed by atoms with E-state index >= 15 is 0 Å². The molecule has 5 nitrogen and oxygen atoms in total. The average Bonchev–Trinajstić information content (AvgIpc) is 2.28. The second kappa shape index (κ2) is 6.76. The smallest absolute Gasteiger partial charge is 0.251 e. The van der Waals surface area contributed by atoms with Crippen molar-refractivity contribution in [3.63, 3.8) is 0 Å². The molecule has 2 N–H and O–H groups in total. The van der Waals surface area contributed by atoms with Crippen LogP contribution >= 0.6 is 0 Å². The lowest BCUT2D eigenvalue weighted by Gasteiger charge is -2.10. The van der Waals surface area contributed by atoms with Crippen LogP contribution in [0.25, 0.3) is 0 Å². The van der Waals surface area contributed by atoms with Crippen molar-refractivity contribution < 1.29 is 14.3 Å². The van der Waals surface area contributed by atoms with Gasteiger partial charge >= 0.3 is 0 Å². The van der Waals surface area contributed by atoms with Gasteiger partial charge in [0, 0.05) is 24.4 Å². The SMILES string of the molecule is COCC(=O)Nc1cccc(C(=O)NC(C)C)c1. The first-order chi connectivity index (χ1) is 8.52. The molecule has 0 heterocycles. The Bertz CT molecular complexity index is 430. The monoisotopic (exact) mass is 250 g/mol. The van der Waals surface area contributed by atoms with E-state index < -0.39 is 0 Å². The normalized spacial score (nSPS) is 10.2. The maximum atomic E-state index is 11.8. The lowest BCUT2D eigenvalue weighted by molar-refractivity contribution is -0.119. The number of rotatable bonds is 5. The highest BCUT2D eigenvalue weighted by atomic mass is 16.5. The molecule has 0 saturated carbocycles. The third-order valence-electron chi connectivity index (χ3n) is 2.10. The van der Waals surface area contributed by atoms with Crippen LogP contribution in [-0.2, 0) is 9.53 Å². The predicted octanol–water partition coefficient (Wildman–Crippen LogP) is 1.41. The zero-order valence-electron chi connectivity index (χ0n) is 10.8. The minimum absolute atomic E-state index is 0.0115. The van der Waals surface area contributed by atoms with Crippen LogP contribution in [0.4, 0.5) is 5.69 Å². The molecule has 0 unspecified atom stereocenters. The third kappa shape index (κ3) is 4.55. The first-order valence-corrected chi connectivity index (χ1v) is 5.72. The molecule has 0 fully saturated rings. The second-order valence-corrected chi connectivity index (χ2v) is 4.19. The van der Waals surface area contributed by atoms with E-state index in [9.17, 15) is 9.59 Å². The molecule has 0 aliphatic heterocycles. The summed E-state index contributed by atoms with van der Waals surface area (Å²) in [6, 6.07) is 6.84. The second-order valence-electron chi connectivity index (χ2n) is 4.19. The molecule has 2 amide bonds. The van der Waals surface area contributed by atoms with Crippen LogP contribution in [0, 0.1) is 0 Å². The third-order valence-corrected chi connectivity index (χ3v) is 2.10. The Morgan fingerprint density at radius 3 is 2.67 bits per heavy atom. The summed E-state index contributed by atoms with van der Waals surface area (Å²) in [7, 11) is 1.45. The van der Waals surface area contributed by atoms with Gasteiger partial charge < -0.3 is 15.4 Å². The van der Waals surface area contributed by atoms with E-state index in [1.54, 1.807) is 24.3 Å². The van der Waals surface area contributed by atoms with Crippen molar-refractivity contribution in [2.75, 3.05) is 19.0 Å². The van der Waals surface area contributed by atoms with E-state index in [2.05, 4.69) is 10.6 Å². The van der Waals surface area contributed by atoms with E-state index in [0.717, 1.165) is 0 Å². The number of benzene rings is 1. The van der Waals surface area contributed by atoms with Crippen LogP contribution in [0.15, 0.2) is 24.3 Å². The van der Waals surface area contributed by atoms with Gasteiger partial charge in [0.05, 0.1) is 0 Å². The van der Waals surface area contributed by atoms with Gasteiger partial charge in [0.25, 0.3) is 5.91 Å². The highest BCUT2D eigenvalue weighted by molar-refractivity contribution is 5.97. The van der Waals surface area contributed by atoms with Gasteiger partial charge in [0.1, 0.15) is 6.61 Å². The van der Waals surface area contributed by atoms with E-state index in [1.165, 1.54) is 7.11 Å². The van der Waals surface area contributed by atoms with Crippen LogP contribution in [0.5, 0.6) is 0 Å². The van der Waals surface area contributed by atoms with Crippen molar-refractivity contribution >= 4 is 17.5 Å². The van der Waals surface area contributed by atoms with Gasteiger partial charge in [0.2, 0.25) is 5.91 Å². The standard InChI is InChI=1S/C13H18N2O3/c1-9(2)14-13(17)10-5-4-6-11(7-10)15-12(16)8-18-3/h4-7,9H,8H2,1-3H3,(H,14,17)(H,15,16). The van der Waals surface area contributed by atoms with Crippen LogP contribution in [0.1, 0.15) is 24.2 Å².